The third-order valence-electron chi connectivity index (χ3n) is 4.66. The fourth-order valence-corrected chi connectivity index (χ4v) is 3.94. The number of hydrogen-bond acceptors (Lipinski definition) is 4. The largest absolute Gasteiger partial charge is 0.483 e. The molecule has 0 fully saturated rings. The van der Waals surface area contributed by atoms with Crippen molar-refractivity contribution in [2.75, 3.05) is 6.61 Å². The maximum Gasteiger partial charge on any atom is 0.427 e. The van der Waals surface area contributed by atoms with Gasteiger partial charge in [0.05, 0.1) is 5.69 Å². The predicted octanol–water partition coefficient (Wildman–Crippen LogP) is 6.57. The number of benzene rings is 2. The van der Waals surface area contributed by atoms with Gasteiger partial charge in [-0.15, -0.1) is 0 Å². The van der Waals surface area contributed by atoms with Crippen molar-refractivity contribution in [3.8, 4) is 17.0 Å². The van der Waals surface area contributed by atoms with Gasteiger partial charge in [-0.3, -0.25) is 0 Å². The van der Waals surface area contributed by atoms with Crippen molar-refractivity contribution in [1.82, 2.24) is 4.37 Å². The first-order chi connectivity index (χ1) is 14.6. The minimum Gasteiger partial charge on any atom is -0.483 e. The first-order valence-electron chi connectivity index (χ1n) is 9.16. The number of halogens is 6. The number of rotatable bonds is 7. The highest BCUT2D eigenvalue weighted by molar-refractivity contribution is 7.06. The van der Waals surface area contributed by atoms with Crippen LogP contribution in [-0.4, -0.2) is 16.1 Å². The number of aryl methyl sites for hydroxylation is 1. The summed E-state index contributed by atoms with van der Waals surface area (Å²) in [6.07, 6.45) is -4.13. The van der Waals surface area contributed by atoms with Crippen LogP contribution in [-0.2, 0) is 19.2 Å². The number of nitrogens with zero attached hydrogens (tertiary/aromatic N) is 1. The van der Waals surface area contributed by atoms with E-state index in [0.29, 0.717) is 22.6 Å². The molecule has 0 radical (unpaired) electrons. The Morgan fingerprint density at radius 1 is 1.16 bits per heavy atom. The van der Waals surface area contributed by atoms with Gasteiger partial charge in [0.1, 0.15) is 11.5 Å². The van der Waals surface area contributed by atoms with E-state index in [2.05, 4.69) is 4.37 Å². The summed E-state index contributed by atoms with van der Waals surface area (Å²) in [5.41, 5.74) is 0.520. The summed E-state index contributed by atoms with van der Waals surface area (Å²) in [6, 6.07) is 7.08. The first kappa shape index (κ1) is 23.4. The van der Waals surface area contributed by atoms with Crippen LogP contribution in [0.1, 0.15) is 28.0 Å². The normalized spacial score (nSPS) is 11.7. The molecule has 1 aromatic heterocycles. The molecular weight excluding hydrogens is 461 g/mol. The molecule has 31 heavy (non-hydrogen) atoms. The summed E-state index contributed by atoms with van der Waals surface area (Å²) < 4.78 is 78.7. The van der Waals surface area contributed by atoms with Gasteiger partial charge in [-0.05, 0) is 60.6 Å². The van der Waals surface area contributed by atoms with Gasteiger partial charge in [-0.2, -0.15) is 17.5 Å². The van der Waals surface area contributed by atoms with E-state index in [-0.39, 0.29) is 41.4 Å². The topological polar surface area (TPSA) is 42.4 Å². The minimum absolute atomic E-state index is 0.00564. The van der Waals surface area contributed by atoms with E-state index < -0.39 is 35.0 Å². The van der Waals surface area contributed by atoms with Crippen LogP contribution in [0, 0.1) is 18.6 Å². The predicted molar refractivity (Wildman–Crippen MR) is 108 cm³/mol. The average molecular weight is 478 g/mol. The maximum absolute atomic E-state index is 14.7. The molecule has 0 saturated heterocycles. The number of ether oxygens (including phenoxy) is 1. The summed E-state index contributed by atoms with van der Waals surface area (Å²) in [5.74, 6) is -2.77. The summed E-state index contributed by atoms with van der Waals surface area (Å²) in [7, 11) is 0. The fourth-order valence-electron chi connectivity index (χ4n) is 3.05. The lowest BCUT2D eigenvalue weighted by Gasteiger charge is -2.15. The SMILES string of the molecule is Cc1c(CCCO)cc(F)c(OCc2c(-c3ccc(Cl)cc3)nsc2C(F)(F)F)c1F. The summed E-state index contributed by atoms with van der Waals surface area (Å²) in [4.78, 5) is -1.01. The smallest absolute Gasteiger partial charge is 0.427 e. The van der Waals surface area contributed by atoms with Crippen molar-refractivity contribution in [2.45, 2.75) is 32.5 Å². The molecule has 1 heterocycles. The van der Waals surface area contributed by atoms with E-state index >= 15 is 0 Å². The average Bonchev–Trinajstić information content (AvgIpc) is 3.14. The molecule has 10 heteroatoms. The van der Waals surface area contributed by atoms with Crippen LogP contribution in [0.4, 0.5) is 22.0 Å². The quantitative estimate of drug-likeness (QED) is 0.391. The molecule has 2 aromatic carbocycles. The van der Waals surface area contributed by atoms with Crippen molar-refractivity contribution < 1.29 is 31.8 Å². The second-order valence-electron chi connectivity index (χ2n) is 6.74. The second kappa shape index (κ2) is 9.50. The van der Waals surface area contributed by atoms with Gasteiger partial charge < -0.3 is 9.84 Å². The zero-order chi connectivity index (χ0) is 22.8. The highest BCUT2D eigenvalue weighted by Gasteiger charge is 2.38. The van der Waals surface area contributed by atoms with Crippen molar-refractivity contribution >= 4 is 23.1 Å². The number of alkyl halides is 3. The lowest BCUT2D eigenvalue weighted by molar-refractivity contribution is -0.135. The molecular formula is C21H17ClF5NO2S. The highest BCUT2D eigenvalue weighted by Crippen LogP contribution is 2.41. The lowest BCUT2D eigenvalue weighted by atomic mass is 10.0. The van der Waals surface area contributed by atoms with Gasteiger partial charge in [0.2, 0.25) is 0 Å². The molecule has 3 nitrogen and oxygen atoms in total. The van der Waals surface area contributed by atoms with Gasteiger partial charge in [-0.25, -0.2) is 8.78 Å². The Morgan fingerprint density at radius 3 is 2.45 bits per heavy atom. The lowest BCUT2D eigenvalue weighted by Crippen LogP contribution is -2.10. The molecule has 3 aromatic rings. The number of aromatic nitrogens is 1. The Morgan fingerprint density at radius 2 is 1.84 bits per heavy atom. The monoisotopic (exact) mass is 477 g/mol. The molecule has 0 bridgehead atoms. The molecule has 0 aliphatic carbocycles. The molecule has 0 aliphatic rings. The minimum atomic E-state index is -4.71. The van der Waals surface area contributed by atoms with Crippen LogP contribution in [0.15, 0.2) is 30.3 Å². The highest BCUT2D eigenvalue weighted by atomic mass is 35.5. The third kappa shape index (κ3) is 5.16. The van der Waals surface area contributed by atoms with Crippen LogP contribution in [0.3, 0.4) is 0 Å². The molecule has 0 saturated carbocycles. The summed E-state index contributed by atoms with van der Waals surface area (Å²) in [6.45, 7) is 0.549. The van der Waals surface area contributed by atoms with E-state index in [0.717, 1.165) is 6.07 Å². The van der Waals surface area contributed by atoms with Crippen LogP contribution < -0.4 is 4.74 Å². The number of hydrogen-bond donors (Lipinski definition) is 1. The number of aliphatic hydroxyl groups is 1. The molecule has 0 amide bonds. The second-order valence-corrected chi connectivity index (χ2v) is 7.95. The molecule has 3 rings (SSSR count). The zero-order valence-corrected chi connectivity index (χ0v) is 17.8. The van der Waals surface area contributed by atoms with E-state index in [1.165, 1.54) is 31.2 Å². The molecule has 0 aliphatic heterocycles. The third-order valence-corrected chi connectivity index (χ3v) is 5.84. The van der Waals surface area contributed by atoms with Crippen LogP contribution in [0.2, 0.25) is 5.02 Å². The van der Waals surface area contributed by atoms with E-state index in [4.69, 9.17) is 21.4 Å². The van der Waals surface area contributed by atoms with Gasteiger partial charge in [0, 0.05) is 22.8 Å². The molecule has 0 spiro atoms. The Bertz CT molecular complexity index is 1070. The standard InChI is InChI=1S/C21H17ClF5NO2S/c1-11-13(3-2-8-29)9-16(23)19(17(11)24)30-10-15-18(12-4-6-14(22)7-5-12)28-31-20(15)21(25,26)27/h4-7,9,29H,2-3,8,10H2,1H3. The Balaban J connectivity index is 1.97. The van der Waals surface area contributed by atoms with Crippen LogP contribution >= 0.6 is 23.1 Å². The summed E-state index contributed by atoms with van der Waals surface area (Å²) >= 11 is 6.07. The Kier molecular flexibility index (Phi) is 7.18. The van der Waals surface area contributed by atoms with Gasteiger partial charge >= 0.3 is 6.18 Å². The first-order valence-corrected chi connectivity index (χ1v) is 10.3. The van der Waals surface area contributed by atoms with Gasteiger partial charge in [-0.1, -0.05) is 23.7 Å². The van der Waals surface area contributed by atoms with E-state index in [9.17, 15) is 22.0 Å². The van der Waals surface area contributed by atoms with Crippen LogP contribution in [0.25, 0.3) is 11.3 Å². The van der Waals surface area contributed by atoms with Crippen molar-refractivity contribution in [1.29, 1.82) is 0 Å². The Hall–Kier alpha value is -2.23. The van der Waals surface area contributed by atoms with Gasteiger partial charge in [0.15, 0.2) is 17.4 Å². The van der Waals surface area contributed by atoms with Crippen molar-refractivity contribution in [2.24, 2.45) is 0 Å². The van der Waals surface area contributed by atoms with Crippen molar-refractivity contribution in [3.63, 3.8) is 0 Å². The molecule has 166 valence electrons. The van der Waals surface area contributed by atoms with Gasteiger partial charge in [0.25, 0.3) is 0 Å². The van der Waals surface area contributed by atoms with Crippen molar-refractivity contribution in [3.05, 3.63) is 68.6 Å². The molecule has 1 N–H and O–H groups in total. The Labute approximate surface area is 184 Å². The molecule has 0 unspecified atom stereocenters. The number of aliphatic hydroxyl groups excluding tert-OH is 1. The summed E-state index contributed by atoms with van der Waals surface area (Å²) in [5, 5.41) is 9.31. The van der Waals surface area contributed by atoms with E-state index in [1.807, 2.05) is 0 Å². The zero-order valence-electron chi connectivity index (χ0n) is 16.2. The van der Waals surface area contributed by atoms with E-state index in [1.54, 1.807) is 0 Å². The maximum atomic E-state index is 14.7. The molecule has 0 atom stereocenters. The van der Waals surface area contributed by atoms with Crippen LogP contribution in [0.5, 0.6) is 5.75 Å². The fraction of sp³-hybridized carbons (Fsp3) is 0.286.